The normalized spacial score (nSPS) is 13.2. The molecule has 3 aliphatic rings. The molecule has 0 fully saturated rings. The van der Waals surface area contributed by atoms with Crippen LogP contribution < -0.4 is 40.4 Å². The van der Waals surface area contributed by atoms with Gasteiger partial charge in [-0.05, 0) is 82.1 Å². The van der Waals surface area contributed by atoms with Gasteiger partial charge < -0.3 is 37.4 Å². The van der Waals surface area contributed by atoms with E-state index in [2.05, 4.69) is 193 Å². The van der Waals surface area contributed by atoms with Crippen molar-refractivity contribution in [3.8, 4) is 63.0 Å². The molecule has 9 nitrogen and oxygen atoms in total. The monoisotopic (exact) mass is 1200 g/mol. The second-order valence-corrected chi connectivity index (χ2v) is 21.1. The van der Waals surface area contributed by atoms with E-state index in [0.717, 1.165) is 111 Å². The van der Waals surface area contributed by atoms with Crippen LogP contribution in [0.4, 0.5) is 22.7 Å². The van der Waals surface area contributed by atoms with E-state index in [-0.39, 0.29) is 33.2 Å². The van der Waals surface area contributed by atoms with Crippen molar-refractivity contribution in [2.75, 3.05) is 9.80 Å². The minimum Gasteiger partial charge on any atom is -0.509 e. The standard InChI is InChI=1S/C68H44BN4O5.Pt/c1-68(2,3)43-33-34-70-61(37-43)73-53-26-10-7-21-49(53)50-32-31-46(39-56(50)73)74-45-20-15-19-44(38-45)71-40-72(55-28-12-11-27-54(55)71)65-47(41-17-5-4-6-18-41)24-16-25-48(65)42-35-59-64-60(36-42)78-67-63(52-23-9-14-30-58(52)76-67)69(64)62-51-22-8-13-29-57(51)75-66(62)77-59;/h4-37,40H,1-3H3;/q-3;. The van der Waals surface area contributed by atoms with Crippen molar-refractivity contribution in [3.05, 3.63) is 231 Å². The molecule has 0 saturated heterocycles. The molecule has 0 unspecified atom stereocenters. The Hall–Kier alpha value is -9.24. The zero-order chi connectivity index (χ0) is 51.8. The summed E-state index contributed by atoms with van der Waals surface area (Å²) < 4.78 is 35.8. The van der Waals surface area contributed by atoms with Crippen LogP contribution in [0.3, 0.4) is 0 Å². The summed E-state index contributed by atoms with van der Waals surface area (Å²) in [5, 5.41) is 4.17. The molecule has 13 aromatic rings. The van der Waals surface area contributed by atoms with Crippen LogP contribution in [-0.4, -0.2) is 16.3 Å². The molecule has 0 aliphatic carbocycles. The average Bonchev–Trinajstić information content (AvgIpc) is 4.41. The maximum atomic E-state index is 6.89. The number of nitrogens with zero attached hydrogens (tertiary/aromatic N) is 4. The minimum atomic E-state index is -0.261. The summed E-state index contributed by atoms with van der Waals surface area (Å²) in [6.07, 6.45) is 1.89. The van der Waals surface area contributed by atoms with Gasteiger partial charge in [-0.15, -0.1) is 48.1 Å². The molecule has 382 valence electrons. The average molecular weight is 1200 g/mol. The van der Waals surface area contributed by atoms with Crippen molar-refractivity contribution >= 4 is 89.6 Å². The molecule has 11 heteroatoms. The fourth-order valence-electron chi connectivity index (χ4n) is 11.9. The van der Waals surface area contributed by atoms with Gasteiger partial charge in [0.25, 0.3) is 18.6 Å². The molecular weight excluding hydrogens is 1160 g/mol. The Kier molecular flexibility index (Phi) is 10.7. The number of furan rings is 2. The Morgan fingerprint density at radius 3 is 1.85 bits per heavy atom. The van der Waals surface area contributed by atoms with Crippen molar-refractivity contribution in [1.82, 2.24) is 9.55 Å². The summed E-state index contributed by atoms with van der Waals surface area (Å²) in [7, 11) is 0. The molecule has 0 bridgehead atoms. The summed E-state index contributed by atoms with van der Waals surface area (Å²) in [5.41, 5.74) is 15.2. The third kappa shape index (κ3) is 7.38. The number of hydrogen-bond acceptors (Lipinski definition) is 8. The summed E-state index contributed by atoms with van der Waals surface area (Å²) in [4.78, 5) is 9.33. The van der Waals surface area contributed by atoms with Crippen LogP contribution in [0, 0.1) is 18.8 Å². The molecular formula is C68H44BN4O5Pt-3. The number of rotatable bonds is 7. The predicted octanol–water partition coefficient (Wildman–Crippen LogP) is 15.8. The van der Waals surface area contributed by atoms with E-state index >= 15 is 0 Å². The Morgan fingerprint density at radius 1 is 0.532 bits per heavy atom. The zero-order valence-corrected chi connectivity index (χ0v) is 45.2. The smallest absolute Gasteiger partial charge is 0.285 e. The fraction of sp³-hybridized carbons (Fsp3) is 0.0588. The first-order valence-corrected chi connectivity index (χ1v) is 26.2. The number of pyridine rings is 1. The van der Waals surface area contributed by atoms with Crippen LogP contribution in [-0.2, 0) is 26.5 Å². The third-order valence-corrected chi connectivity index (χ3v) is 15.5. The van der Waals surface area contributed by atoms with Crippen LogP contribution in [0.1, 0.15) is 26.3 Å². The van der Waals surface area contributed by atoms with Gasteiger partial charge in [0.15, 0.2) is 0 Å². The fourth-order valence-corrected chi connectivity index (χ4v) is 11.9. The zero-order valence-electron chi connectivity index (χ0n) is 42.9. The molecule has 0 saturated carbocycles. The summed E-state index contributed by atoms with van der Waals surface area (Å²) in [6.45, 7) is 8.55. The summed E-state index contributed by atoms with van der Waals surface area (Å²) in [5.74, 6) is 4.21. The van der Waals surface area contributed by atoms with Gasteiger partial charge in [0.1, 0.15) is 28.5 Å². The van der Waals surface area contributed by atoms with Crippen LogP contribution in [0.15, 0.2) is 215 Å². The number of hydrogen-bond donors (Lipinski definition) is 0. The van der Waals surface area contributed by atoms with Crippen molar-refractivity contribution in [2.24, 2.45) is 0 Å². The van der Waals surface area contributed by atoms with Crippen LogP contribution in [0.2, 0.25) is 0 Å². The van der Waals surface area contributed by atoms with Crippen molar-refractivity contribution < 1.29 is 44.1 Å². The van der Waals surface area contributed by atoms with E-state index in [0.29, 0.717) is 34.9 Å². The Bertz CT molecular complexity index is 4510. The van der Waals surface area contributed by atoms with Crippen LogP contribution >= 0.6 is 0 Å². The topological polar surface area (TPSA) is 78.3 Å². The Balaban J connectivity index is 0.00000541. The van der Waals surface area contributed by atoms with Crippen LogP contribution in [0.5, 0.6) is 34.9 Å². The van der Waals surface area contributed by atoms with Gasteiger partial charge in [-0.3, -0.25) is 0 Å². The molecule has 0 amide bonds. The van der Waals surface area contributed by atoms with Crippen molar-refractivity contribution in [3.63, 3.8) is 0 Å². The SMILES string of the molecule is CC(C)(C)c1ccnc(-n2c3[c-]c(Oc4[c-]c(N5[CH-]N(c6c(-c7ccccc7)cccc6-c6cc7c8c(c6)Oc6oc9ccccc9c6B8c6c(oc8ccccc68)O7)c6ccccc65)ccc4)ccc3c3ccccc32)c1.[Pt]. The molecule has 0 N–H and O–H groups in total. The molecule has 4 aromatic heterocycles. The number of aromatic nitrogens is 2. The molecule has 16 rings (SSSR count). The van der Waals surface area contributed by atoms with Gasteiger partial charge in [-0.1, -0.05) is 142 Å². The molecule has 7 heterocycles. The Labute approximate surface area is 470 Å². The molecule has 0 radical (unpaired) electrons. The van der Waals surface area contributed by atoms with Crippen molar-refractivity contribution in [2.45, 2.75) is 26.2 Å². The van der Waals surface area contributed by atoms with E-state index in [4.69, 9.17) is 28.0 Å². The molecule has 9 aromatic carbocycles. The first-order valence-electron chi connectivity index (χ1n) is 26.2. The maximum Gasteiger partial charge on any atom is 0.285 e. The summed E-state index contributed by atoms with van der Waals surface area (Å²) in [6, 6.07) is 76.0. The number of para-hydroxylation sites is 6. The summed E-state index contributed by atoms with van der Waals surface area (Å²) >= 11 is 0. The van der Waals surface area contributed by atoms with E-state index in [1.54, 1.807) is 0 Å². The number of benzene rings is 9. The number of fused-ring (bicyclic) bond motifs is 12. The van der Waals surface area contributed by atoms with Gasteiger partial charge in [-0.2, -0.15) is 12.1 Å². The number of ether oxygens (including phenoxy) is 3. The van der Waals surface area contributed by atoms with Gasteiger partial charge >= 0.3 is 0 Å². The van der Waals surface area contributed by atoms with E-state index in [1.807, 2.05) is 66.9 Å². The van der Waals surface area contributed by atoms with Gasteiger partial charge in [-0.25, -0.2) is 4.98 Å². The van der Waals surface area contributed by atoms with Gasteiger partial charge in [0.2, 0.25) is 0 Å². The quantitative estimate of drug-likeness (QED) is 0.115. The van der Waals surface area contributed by atoms with E-state index in [9.17, 15) is 0 Å². The first-order chi connectivity index (χ1) is 38.3. The number of anilines is 4. The Morgan fingerprint density at radius 2 is 1.14 bits per heavy atom. The predicted molar refractivity (Wildman–Crippen MR) is 311 cm³/mol. The maximum absolute atomic E-state index is 6.89. The molecule has 0 atom stereocenters. The second kappa shape index (κ2) is 17.9. The van der Waals surface area contributed by atoms with Crippen LogP contribution in [0.25, 0.3) is 71.8 Å². The molecule has 0 spiro atoms. The minimum absolute atomic E-state index is 0. The van der Waals surface area contributed by atoms with Gasteiger partial charge in [0, 0.05) is 99.6 Å². The largest absolute Gasteiger partial charge is 0.509 e. The van der Waals surface area contributed by atoms with E-state index < -0.39 is 0 Å². The first kappa shape index (κ1) is 47.0. The third-order valence-electron chi connectivity index (χ3n) is 15.5. The van der Waals surface area contributed by atoms with Crippen molar-refractivity contribution in [1.29, 1.82) is 0 Å². The molecule has 79 heavy (non-hydrogen) atoms. The second-order valence-electron chi connectivity index (χ2n) is 21.1. The molecule has 3 aliphatic heterocycles. The van der Waals surface area contributed by atoms with Gasteiger partial charge in [0.05, 0.1) is 0 Å². The van der Waals surface area contributed by atoms with E-state index in [1.165, 1.54) is 5.56 Å².